The van der Waals surface area contributed by atoms with E-state index < -0.39 is 5.97 Å². The minimum Gasteiger partial charge on any atom is -0.462 e. The van der Waals surface area contributed by atoms with E-state index in [-0.39, 0.29) is 22.2 Å². The average molecular weight is 220 g/mol. The van der Waals surface area contributed by atoms with E-state index in [1.54, 1.807) is 6.92 Å². The van der Waals surface area contributed by atoms with Crippen molar-refractivity contribution in [1.82, 2.24) is 4.98 Å². The molecular weight excluding hydrogens is 213 g/mol. The summed E-state index contributed by atoms with van der Waals surface area (Å²) in [7, 11) is 0. The molecule has 1 rings (SSSR count). The summed E-state index contributed by atoms with van der Waals surface area (Å²) in [6.45, 7) is 1.99. The van der Waals surface area contributed by atoms with E-state index in [1.807, 2.05) is 0 Å². The first kappa shape index (κ1) is 10.3. The lowest BCUT2D eigenvalue weighted by Crippen LogP contribution is -2.06. The van der Waals surface area contributed by atoms with Crippen molar-refractivity contribution in [3.8, 4) is 0 Å². The van der Waals surface area contributed by atoms with Crippen LogP contribution in [-0.4, -0.2) is 17.6 Å². The Hall–Kier alpha value is -0.800. The maximum absolute atomic E-state index is 11.3. The second-order valence-corrected chi connectivity index (χ2v) is 3.01. The second-order valence-electron chi connectivity index (χ2n) is 2.20. The van der Waals surface area contributed by atoms with Crippen LogP contribution in [0, 0.1) is 0 Å². The number of esters is 1. The Bertz CT molecular complexity index is 308. The normalized spacial score (nSPS) is 9.77. The molecule has 0 bridgehead atoms. The molecule has 0 aromatic carbocycles. The average Bonchev–Trinajstić information content (AvgIpc) is 2.04. The number of nitrogens with zero attached hydrogens (tertiary/aromatic N) is 1. The van der Waals surface area contributed by atoms with E-state index in [4.69, 9.17) is 27.9 Å². The van der Waals surface area contributed by atoms with Crippen LogP contribution in [0.5, 0.6) is 0 Å². The molecule has 0 atom stereocenters. The third-order valence-electron chi connectivity index (χ3n) is 1.33. The second kappa shape index (κ2) is 4.44. The van der Waals surface area contributed by atoms with E-state index >= 15 is 0 Å². The highest BCUT2D eigenvalue weighted by molar-refractivity contribution is 6.39. The molecule has 0 radical (unpaired) electrons. The van der Waals surface area contributed by atoms with Crippen LogP contribution in [-0.2, 0) is 4.74 Å². The number of pyridine rings is 1. The Morgan fingerprint density at radius 2 is 2.00 bits per heavy atom. The Labute approximate surface area is 85.6 Å². The molecule has 0 N–H and O–H groups in total. The van der Waals surface area contributed by atoms with Gasteiger partial charge in [0.15, 0.2) is 0 Å². The van der Waals surface area contributed by atoms with Crippen molar-refractivity contribution < 1.29 is 9.53 Å². The van der Waals surface area contributed by atoms with E-state index in [2.05, 4.69) is 4.98 Å². The fourth-order valence-electron chi connectivity index (χ4n) is 0.810. The zero-order chi connectivity index (χ0) is 9.84. The Balaban J connectivity index is 3.05. The van der Waals surface area contributed by atoms with Gasteiger partial charge in [-0.3, -0.25) is 4.98 Å². The first-order valence-corrected chi connectivity index (χ1v) is 4.38. The molecule has 0 saturated carbocycles. The summed E-state index contributed by atoms with van der Waals surface area (Å²) >= 11 is 11.4. The molecule has 1 heterocycles. The topological polar surface area (TPSA) is 39.2 Å². The monoisotopic (exact) mass is 219 g/mol. The van der Waals surface area contributed by atoms with Crippen molar-refractivity contribution in [1.29, 1.82) is 0 Å². The van der Waals surface area contributed by atoms with Gasteiger partial charge in [-0.15, -0.1) is 0 Å². The Morgan fingerprint density at radius 1 is 1.46 bits per heavy atom. The molecule has 0 spiro atoms. The van der Waals surface area contributed by atoms with Crippen molar-refractivity contribution in [3.05, 3.63) is 28.0 Å². The molecule has 0 fully saturated rings. The summed E-state index contributed by atoms with van der Waals surface area (Å²) in [5, 5.41) is 0.400. The number of hydrogen-bond donors (Lipinski definition) is 0. The van der Waals surface area contributed by atoms with Gasteiger partial charge in [0, 0.05) is 12.4 Å². The number of aromatic nitrogens is 1. The zero-order valence-corrected chi connectivity index (χ0v) is 8.39. The van der Waals surface area contributed by atoms with Crippen LogP contribution in [0.3, 0.4) is 0 Å². The lowest BCUT2D eigenvalue weighted by Gasteiger charge is -2.04. The highest BCUT2D eigenvalue weighted by atomic mass is 35.5. The third kappa shape index (κ3) is 2.32. The third-order valence-corrected chi connectivity index (χ3v) is 1.91. The molecule has 5 heteroatoms. The predicted octanol–water partition coefficient (Wildman–Crippen LogP) is 2.57. The molecule has 0 amide bonds. The standard InChI is InChI=1S/C8H7Cl2NO2/c1-2-13-8(12)7-5(9)3-11-4-6(7)10/h3-4H,2H2,1H3. The zero-order valence-electron chi connectivity index (χ0n) is 6.88. The van der Waals surface area contributed by atoms with E-state index in [0.29, 0.717) is 0 Å². The van der Waals surface area contributed by atoms with Crippen molar-refractivity contribution in [2.24, 2.45) is 0 Å². The van der Waals surface area contributed by atoms with Gasteiger partial charge in [-0.1, -0.05) is 23.2 Å². The molecule has 1 aromatic heterocycles. The van der Waals surface area contributed by atoms with E-state index in [0.717, 1.165) is 0 Å². The summed E-state index contributed by atoms with van der Waals surface area (Å²) < 4.78 is 4.75. The summed E-state index contributed by atoms with van der Waals surface area (Å²) in [5.74, 6) is -0.528. The summed E-state index contributed by atoms with van der Waals surface area (Å²) in [6, 6.07) is 0. The highest BCUT2D eigenvalue weighted by Gasteiger charge is 2.15. The Morgan fingerprint density at radius 3 is 2.46 bits per heavy atom. The van der Waals surface area contributed by atoms with Gasteiger partial charge in [-0.25, -0.2) is 4.79 Å². The fraction of sp³-hybridized carbons (Fsp3) is 0.250. The molecule has 1 aromatic rings. The van der Waals surface area contributed by atoms with Gasteiger partial charge in [-0.2, -0.15) is 0 Å². The summed E-state index contributed by atoms with van der Waals surface area (Å²) in [4.78, 5) is 15.0. The molecule has 0 saturated heterocycles. The minimum atomic E-state index is -0.528. The predicted molar refractivity (Wildman–Crippen MR) is 50.2 cm³/mol. The van der Waals surface area contributed by atoms with Crippen LogP contribution >= 0.6 is 23.2 Å². The quantitative estimate of drug-likeness (QED) is 0.719. The number of carbonyl (C=O) groups is 1. The number of hydrogen-bond acceptors (Lipinski definition) is 3. The SMILES string of the molecule is CCOC(=O)c1c(Cl)cncc1Cl. The van der Waals surface area contributed by atoms with Gasteiger partial charge in [-0.05, 0) is 6.92 Å². The smallest absolute Gasteiger partial charge is 0.341 e. The van der Waals surface area contributed by atoms with Gasteiger partial charge < -0.3 is 4.74 Å². The van der Waals surface area contributed by atoms with Gasteiger partial charge in [0.25, 0.3) is 0 Å². The molecular formula is C8H7Cl2NO2. The molecule has 0 unspecified atom stereocenters. The maximum Gasteiger partial charge on any atom is 0.341 e. The summed E-state index contributed by atoms with van der Waals surface area (Å²) in [5.41, 5.74) is 0.167. The molecule has 3 nitrogen and oxygen atoms in total. The first-order chi connectivity index (χ1) is 6.16. The van der Waals surface area contributed by atoms with Crippen LogP contribution in [0.2, 0.25) is 10.0 Å². The minimum absolute atomic E-state index is 0.167. The van der Waals surface area contributed by atoms with Crippen molar-refractivity contribution in [2.45, 2.75) is 6.92 Å². The molecule has 0 aliphatic heterocycles. The van der Waals surface area contributed by atoms with Gasteiger partial charge >= 0.3 is 5.97 Å². The van der Waals surface area contributed by atoms with Gasteiger partial charge in [0.1, 0.15) is 0 Å². The lowest BCUT2D eigenvalue weighted by atomic mass is 10.3. The van der Waals surface area contributed by atoms with Crippen LogP contribution in [0.4, 0.5) is 0 Å². The molecule has 70 valence electrons. The highest BCUT2D eigenvalue weighted by Crippen LogP contribution is 2.23. The van der Waals surface area contributed by atoms with Crippen molar-refractivity contribution in [3.63, 3.8) is 0 Å². The lowest BCUT2D eigenvalue weighted by molar-refractivity contribution is 0.0526. The van der Waals surface area contributed by atoms with Crippen molar-refractivity contribution in [2.75, 3.05) is 6.61 Å². The largest absolute Gasteiger partial charge is 0.462 e. The molecule has 13 heavy (non-hydrogen) atoms. The van der Waals surface area contributed by atoms with Crippen LogP contribution in [0.15, 0.2) is 12.4 Å². The van der Waals surface area contributed by atoms with Crippen molar-refractivity contribution >= 4 is 29.2 Å². The fourth-order valence-corrected chi connectivity index (χ4v) is 1.33. The Kier molecular flexibility index (Phi) is 3.51. The van der Waals surface area contributed by atoms with Crippen LogP contribution < -0.4 is 0 Å². The van der Waals surface area contributed by atoms with Gasteiger partial charge in [0.2, 0.25) is 0 Å². The van der Waals surface area contributed by atoms with Crippen LogP contribution in [0.1, 0.15) is 17.3 Å². The number of ether oxygens (including phenoxy) is 1. The first-order valence-electron chi connectivity index (χ1n) is 3.63. The van der Waals surface area contributed by atoms with E-state index in [1.165, 1.54) is 12.4 Å². The molecule has 0 aliphatic rings. The van der Waals surface area contributed by atoms with Gasteiger partial charge in [0.05, 0.1) is 22.2 Å². The van der Waals surface area contributed by atoms with E-state index in [9.17, 15) is 4.79 Å². The number of halogens is 2. The summed E-state index contributed by atoms with van der Waals surface area (Å²) in [6.07, 6.45) is 2.69. The van der Waals surface area contributed by atoms with Crippen LogP contribution in [0.25, 0.3) is 0 Å². The maximum atomic E-state index is 11.3. The molecule has 0 aliphatic carbocycles. The number of rotatable bonds is 2. The number of carbonyl (C=O) groups excluding carboxylic acids is 1.